The van der Waals surface area contributed by atoms with Crippen molar-refractivity contribution in [3.8, 4) is 0 Å². The molecule has 0 radical (unpaired) electrons. The molecule has 0 saturated carbocycles. The molecule has 0 nitrogen and oxygen atoms in total. The van der Waals surface area contributed by atoms with E-state index < -0.39 is 0 Å². The molecule has 0 aliphatic heterocycles. The number of aryl methyl sites for hydroxylation is 2. The Kier molecular flexibility index (Phi) is 1.61. The van der Waals surface area contributed by atoms with E-state index in [1.165, 1.54) is 30.4 Å². The van der Waals surface area contributed by atoms with Gasteiger partial charge in [-0.3, -0.25) is 0 Å². The van der Waals surface area contributed by atoms with Gasteiger partial charge in [-0.1, -0.05) is 18.2 Å². The lowest BCUT2D eigenvalue weighted by atomic mass is 9.82. The molecule has 14 heavy (non-hydrogen) atoms. The standard InChI is InChI=1S/C14H16/c1-9-3-5-11-7-8-12-6-4-10(2)13(9)14(11)12/h3-5,12H,6-8H2,1-2H3. The van der Waals surface area contributed by atoms with E-state index in [0.29, 0.717) is 0 Å². The van der Waals surface area contributed by atoms with Gasteiger partial charge < -0.3 is 0 Å². The molecule has 2 aliphatic carbocycles. The van der Waals surface area contributed by atoms with Crippen molar-refractivity contribution in [2.24, 2.45) is 0 Å². The van der Waals surface area contributed by atoms with Crippen molar-refractivity contribution in [1.82, 2.24) is 0 Å². The molecule has 0 aromatic heterocycles. The first-order chi connectivity index (χ1) is 6.77. The molecule has 2 aliphatic rings. The average molecular weight is 184 g/mol. The third kappa shape index (κ3) is 0.943. The summed E-state index contributed by atoms with van der Waals surface area (Å²) >= 11 is 0. The van der Waals surface area contributed by atoms with Crippen molar-refractivity contribution < 1.29 is 0 Å². The minimum atomic E-state index is 0.837. The normalized spacial score (nSPS) is 23.3. The molecular weight excluding hydrogens is 168 g/mol. The molecule has 0 amide bonds. The summed E-state index contributed by atoms with van der Waals surface area (Å²) in [6, 6.07) is 4.63. The molecule has 0 spiro atoms. The second-order valence-corrected chi connectivity index (χ2v) is 4.69. The van der Waals surface area contributed by atoms with Gasteiger partial charge in [0.15, 0.2) is 0 Å². The minimum absolute atomic E-state index is 0.837. The van der Waals surface area contributed by atoms with Gasteiger partial charge in [0.2, 0.25) is 0 Å². The Morgan fingerprint density at radius 2 is 2.07 bits per heavy atom. The molecule has 0 bridgehead atoms. The number of rotatable bonds is 0. The first-order valence-corrected chi connectivity index (χ1v) is 5.57. The van der Waals surface area contributed by atoms with E-state index in [4.69, 9.17) is 0 Å². The average Bonchev–Trinajstić information content (AvgIpc) is 2.58. The van der Waals surface area contributed by atoms with Crippen LogP contribution in [0.5, 0.6) is 0 Å². The van der Waals surface area contributed by atoms with Crippen LogP contribution in [-0.2, 0) is 6.42 Å². The molecule has 1 atom stereocenters. The van der Waals surface area contributed by atoms with E-state index in [1.807, 2.05) is 0 Å². The quantitative estimate of drug-likeness (QED) is 0.575. The fraction of sp³-hybridized carbons (Fsp3) is 0.429. The van der Waals surface area contributed by atoms with Crippen LogP contribution >= 0.6 is 0 Å². The Morgan fingerprint density at radius 3 is 2.93 bits per heavy atom. The molecule has 1 aromatic rings. The first kappa shape index (κ1) is 8.28. The zero-order chi connectivity index (χ0) is 9.71. The fourth-order valence-corrected chi connectivity index (χ4v) is 3.11. The lowest BCUT2D eigenvalue weighted by Crippen LogP contribution is -2.04. The topological polar surface area (TPSA) is 0 Å². The van der Waals surface area contributed by atoms with Gasteiger partial charge >= 0.3 is 0 Å². The predicted molar refractivity (Wildman–Crippen MR) is 60.5 cm³/mol. The van der Waals surface area contributed by atoms with Crippen LogP contribution in [0.3, 0.4) is 0 Å². The van der Waals surface area contributed by atoms with Crippen LogP contribution in [0.4, 0.5) is 0 Å². The van der Waals surface area contributed by atoms with Gasteiger partial charge in [0.1, 0.15) is 0 Å². The van der Waals surface area contributed by atoms with E-state index >= 15 is 0 Å². The maximum atomic E-state index is 2.43. The van der Waals surface area contributed by atoms with Gasteiger partial charge in [0.05, 0.1) is 0 Å². The Labute approximate surface area is 85.6 Å². The predicted octanol–water partition coefficient (Wildman–Crippen LogP) is 3.83. The van der Waals surface area contributed by atoms with Crippen molar-refractivity contribution in [2.45, 2.75) is 39.0 Å². The molecule has 72 valence electrons. The molecule has 0 saturated heterocycles. The Hall–Kier alpha value is -1.04. The highest BCUT2D eigenvalue weighted by molar-refractivity contribution is 5.74. The number of allylic oxidation sites excluding steroid dienone is 2. The molecular formula is C14H16. The number of benzene rings is 1. The molecule has 0 heteroatoms. The highest BCUT2D eigenvalue weighted by atomic mass is 14.3. The van der Waals surface area contributed by atoms with E-state index in [0.717, 1.165) is 5.92 Å². The van der Waals surface area contributed by atoms with Gasteiger partial charge in [0, 0.05) is 0 Å². The fourth-order valence-electron chi connectivity index (χ4n) is 3.11. The monoisotopic (exact) mass is 184 g/mol. The summed E-state index contributed by atoms with van der Waals surface area (Å²) in [5.74, 6) is 0.837. The van der Waals surface area contributed by atoms with Gasteiger partial charge in [-0.05, 0) is 66.9 Å². The summed E-state index contributed by atoms with van der Waals surface area (Å²) in [5.41, 5.74) is 7.82. The van der Waals surface area contributed by atoms with E-state index in [1.54, 1.807) is 16.7 Å². The Morgan fingerprint density at radius 1 is 1.21 bits per heavy atom. The van der Waals surface area contributed by atoms with Crippen molar-refractivity contribution in [3.05, 3.63) is 40.5 Å². The summed E-state index contributed by atoms with van der Waals surface area (Å²) in [5, 5.41) is 0. The maximum absolute atomic E-state index is 2.43. The zero-order valence-corrected chi connectivity index (χ0v) is 8.93. The van der Waals surface area contributed by atoms with Crippen LogP contribution in [0.2, 0.25) is 0 Å². The largest absolute Gasteiger partial charge is 0.0804 e. The van der Waals surface area contributed by atoms with Crippen molar-refractivity contribution in [1.29, 1.82) is 0 Å². The van der Waals surface area contributed by atoms with E-state index in [-0.39, 0.29) is 0 Å². The van der Waals surface area contributed by atoms with Crippen molar-refractivity contribution in [3.63, 3.8) is 0 Å². The summed E-state index contributed by atoms with van der Waals surface area (Å²) in [6.07, 6.45) is 6.37. The first-order valence-electron chi connectivity index (χ1n) is 5.57. The van der Waals surface area contributed by atoms with Crippen LogP contribution in [0.1, 0.15) is 47.9 Å². The van der Waals surface area contributed by atoms with Gasteiger partial charge in [-0.2, -0.15) is 0 Å². The van der Waals surface area contributed by atoms with Crippen LogP contribution in [0.25, 0.3) is 5.57 Å². The zero-order valence-electron chi connectivity index (χ0n) is 8.93. The molecule has 3 rings (SSSR count). The van der Waals surface area contributed by atoms with Crippen molar-refractivity contribution >= 4 is 5.57 Å². The molecule has 1 unspecified atom stereocenters. The smallest absolute Gasteiger partial charge is 0.0115 e. The Bertz CT molecular complexity index is 424. The SMILES string of the molecule is CC1=CCC2CCc3ccc(C)c1c32. The van der Waals surface area contributed by atoms with Crippen LogP contribution in [0.15, 0.2) is 18.2 Å². The third-order valence-corrected chi connectivity index (χ3v) is 3.82. The molecule has 1 aromatic carbocycles. The summed E-state index contributed by atoms with van der Waals surface area (Å²) in [7, 11) is 0. The maximum Gasteiger partial charge on any atom is -0.0115 e. The summed E-state index contributed by atoms with van der Waals surface area (Å²) in [4.78, 5) is 0. The van der Waals surface area contributed by atoms with Gasteiger partial charge in [0.25, 0.3) is 0 Å². The van der Waals surface area contributed by atoms with Crippen LogP contribution < -0.4 is 0 Å². The van der Waals surface area contributed by atoms with Gasteiger partial charge in [-0.15, -0.1) is 0 Å². The highest BCUT2D eigenvalue weighted by Gasteiger charge is 2.28. The lowest BCUT2D eigenvalue weighted by Gasteiger charge is -2.22. The number of hydrogen-bond donors (Lipinski definition) is 0. The highest BCUT2D eigenvalue weighted by Crippen LogP contribution is 2.44. The van der Waals surface area contributed by atoms with E-state index in [9.17, 15) is 0 Å². The van der Waals surface area contributed by atoms with Crippen molar-refractivity contribution in [2.75, 3.05) is 0 Å². The molecule has 0 fully saturated rings. The second-order valence-electron chi connectivity index (χ2n) is 4.69. The summed E-state index contributed by atoms with van der Waals surface area (Å²) in [6.45, 7) is 4.50. The summed E-state index contributed by atoms with van der Waals surface area (Å²) < 4.78 is 0. The van der Waals surface area contributed by atoms with Crippen LogP contribution in [-0.4, -0.2) is 0 Å². The third-order valence-electron chi connectivity index (χ3n) is 3.82. The molecule has 0 N–H and O–H groups in total. The number of hydrogen-bond acceptors (Lipinski definition) is 0. The minimum Gasteiger partial charge on any atom is -0.0804 e. The van der Waals surface area contributed by atoms with Gasteiger partial charge in [-0.25, -0.2) is 0 Å². The molecule has 0 heterocycles. The van der Waals surface area contributed by atoms with Crippen LogP contribution in [0, 0.1) is 6.92 Å². The second kappa shape index (κ2) is 2.73. The Balaban J connectivity index is 2.34. The lowest BCUT2D eigenvalue weighted by molar-refractivity contribution is 0.681. The van der Waals surface area contributed by atoms with E-state index in [2.05, 4.69) is 32.1 Å².